The largest absolute Gasteiger partial charge is 0.443 e. The molecule has 1 aliphatic heterocycles. The maximum atomic E-state index is 12.7. The van der Waals surface area contributed by atoms with E-state index >= 15 is 0 Å². The molecular formula is C22H29N3O2. The standard InChI is InChI=1S/C22H29N3O2/c1-22(2,3)27-21(26)24(5)20-17(14-23-4)10-11-18(20)15-25-13-12-16-8-6-7-9-19(16)25/h6-9,14-15H,10-13H2,1-5H3. The van der Waals surface area contributed by atoms with Crippen LogP contribution in [0.15, 0.2) is 52.3 Å². The Balaban J connectivity index is 1.92. The lowest BCUT2D eigenvalue weighted by molar-refractivity contribution is 0.0357. The smallest absolute Gasteiger partial charge is 0.414 e. The van der Waals surface area contributed by atoms with Gasteiger partial charge in [0.2, 0.25) is 0 Å². The number of aliphatic imine (C=N–C) groups is 1. The van der Waals surface area contributed by atoms with Crippen molar-refractivity contribution in [1.82, 2.24) is 4.90 Å². The lowest BCUT2D eigenvalue weighted by Gasteiger charge is -2.27. The monoisotopic (exact) mass is 367 g/mol. The van der Waals surface area contributed by atoms with Crippen LogP contribution in [-0.4, -0.2) is 43.4 Å². The average molecular weight is 367 g/mol. The van der Waals surface area contributed by atoms with E-state index in [4.69, 9.17) is 4.74 Å². The zero-order valence-electron chi connectivity index (χ0n) is 17.0. The Labute approximate surface area is 162 Å². The highest BCUT2D eigenvalue weighted by Gasteiger charge is 2.30. The third kappa shape index (κ3) is 4.24. The van der Waals surface area contributed by atoms with Crippen molar-refractivity contribution in [2.75, 3.05) is 25.5 Å². The number of hydrogen-bond donors (Lipinski definition) is 0. The molecule has 2 aliphatic rings. The van der Waals surface area contributed by atoms with Crippen molar-refractivity contribution >= 4 is 18.0 Å². The van der Waals surface area contributed by atoms with Gasteiger partial charge in [-0.15, -0.1) is 0 Å². The Bertz CT molecular complexity index is 815. The lowest BCUT2D eigenvalue weighted by atomic mass is 10.1. The minimum absolute atomic E-state index is 0.339. The van der Waals surface area contributed by atoms with Gasteiger partial charge in [-0.05, 0) is 62.8 Å². The van der Waals surface area contributed by atoms with Crippen LogP contribution in [0.4, 0.5) is 10.5 Å². The van der Waals surface area contributed by atoms with E-state index < -0.39 is 5.60 Å². The highest BCUT2D eigenvalue weighted by atomic mass is 16.6. The van der Waals surface area contributed by atoms with Gasteiger partial charge < -0.3 is 9.64 Å². The summed E-state index contributed by atoms with van der Waals surface area (Å²) in [5.74, 6) is 0. The molecule has 1 amide bonds. The van der Waals surface area contributed by atoms with Crippen molar-refractivity contribution in [1.29, 1.82) is 0 Å². The van der Waals surface area contributed by atoms with E-state index in [0.717, 1.165) is 42.7 Å². The molecule has 1 aromatic carbocycles. The SMILES string of the molecule is CN=CC1=C(N(C)C(=O)OC(C)(C)C)C(=CN2CCc3ccccc32)CC1. The number of fused-ring (bicyclic) bond motifs is 1. The van der Waals surface area contributed by atoms with Crippen LogP contribution < -0.4 is 4.90 Å². The molecule has 0 N–H and O–H groups in total. The fourth-order valence-corrected chi connectivity index (χ4v) is 3.66. The second kappa shape index (κ2) is 7.59. The van der Waals surface area contributed by atoms with Gasteiger partial charge in [0.15, 0.2) is 0 Å². The van der Waals surface area contributed by atoms with Gasteiger partial charge in [-0.2, -0.15) is 0 Å². The van der Waals surface area contributed by atoms with E-state index in [1.54, 1.807) is 19.0 Å². The number of allylic oxidation sites excluding steroid dienone is 2. The summed E-state index contributed by atoms with van der Waals surface area (Å²) in [6.07, 6.45) is 6.52. The van der Waals surface area contributed by atoms with Crippen LogP contribution in [0.5, 0.6) is 0 Å². The predicted molar refractivity (Wildman–Crippen MR) is 110 cm³/mol. The molecule has 0 unspecified atom stereocenters. The highest BCUT2D eigenvalue weighted by molar-refractivity contribution is 5.85. The minimum atomic E-state index is -0.527. The first-order valence-corrected chi connectivity index (χ1v) is 9.48. The summed E-state index contributed by atoms with van der Waals surface area (Å²) in [6.45, 7) is 6.61. The van der Waals surface area contributed by atoms with E-state index in [1.807, 2.05) is 27.0 Å². The molecule has 1 aromatic rings. The summed E-state index contributed by atoms with van der Waals surface area (Å²) in [4.78, 5) is 20.8. The number of benzene rings is 1. The van der Waals surface area contributed by atoms with Gasteiger partial charge in [-0.25, -0.2) is 4.79 Å². The van der Waals surface area contributed by atoms with Gasteiger partial charge in [-0.3, -0.25) is 9.89 Å². The van der Waals surface area contributed by atoms with E-state index in [0.29, 0.717) is 0 Å². The topological polar surface area (TPSA) is 45.1 Å². The number of carbonyl (C=O) groups excluding carboxylic acids is 1. The molecule has 0 saturated heterocycles. The zero-order valence-corrected chi connectivity index (χ0v) is 17.0. The summed E-state index contributed by atoms with van der Waals surface area (Å²) < 4.78 is 5.58. The van der Waals surface area contributed by atoms with Crippen molar-refractivity contribution in [2.45, 2.75) is 45.6 Å². The molecule has 0 spiro atoms. The molecular weight excluding hydrogens is 338 g/mol. The maximum absolute atomic E-state index is 12.7. The van der Waals surface area contributed by atoms with Crippen LogP contribution in [0.3, 0.4) is 0 Å². The molecule has 3 rings (SSSR count). The second-order valence-electron chi connectivity index (χ2n) is 8.03. The Hall–Kier alpha value is -2.56. The third-order valence-electron chi connectivity index (χ3n) is 4.79. The molecule has 1 heterocycles. The Morgan fingerprint density at radius 1 is 1.22 bits per heavy atom. The number of rotatable bonds is 3. The van der Waals surface area contributed by atoms with Crippen molar-refractivity contribution in [3.05, 3.63) is 52.9 Å². The summed E-state index contributed by atoms with van der Waals surface area (Å²) >= 11 is 0. The number of ether oxygens (including phenoxy) is 1. The molecule has 0 fully saturated rings. The normalized spacial score (nSPS) is 18.6. The van der Waals surface area contributed by atoms with Crippen LogP contribution in [-0.2, 0) is 11.2 Å². The van der Waals surface area contributed by atoms with Gasteiger partial charge >= 0.3 is 6.09 Å². The van der Waals surface area contributed by atoms with Gasteiger partial charge in [0.1, 0.15) is 5.60 Å². The van der Waals surface area contributed by atoms with E-state index in [1.165, 1.54) is 11.3 Å². The maximum Gasteiger partial charge on any atom is 0.414 e. The molecule has 1 aliphatic carbocycles. The van der Waals surface area contributed by atoms with Crippen molar-refractivity contribution < 1.29 is 9.53 Å². The number of carbonyl (C=O) groups is 1. The molecule has 0 atom stereocenters. The lowest BCUT2D eigenvalue weighted by Crippen LogP contribution is -2.34. The fourth-order valence-electron chi connectivity index (χ4n) is 3.66. The number of hydrogen-bond acceptors (Lipinski definition) is 4. The Morgan fingerprint density at radius 3 is 2.67 bits per heavy atom. The van der Waals surface area contributed by atoms with Crippen molar-refractivity contribution in [2.24, 2.45) is 4.99 Å². The van der Waals surface area contributed by atoms with Crippen molar-refractivity contribution in [3.63, 3.8) is 0 Å². The molecule has 5 heteroatoms. The van der Waals surface area contributed by atoms with E-state index in [9.17, 15) is 4.79 Å². The summed E-state index contributed by atoms with van der Waals surface area (Å²) in [5.41, 5.74) is 5.23. The first kappa shape index (κ1) is 19.2. The van der Waals surface area contributed by atoms with E-state index in [2.05, 4.69) is 40.4 Å². The van der Waals surface area contributed by atoms with Crippen LogP contribution in [0.1, 0.15) is 39.2 Å². The van der Waals surface area contributed by atoms with Gasteiger partial charge in [0.05, 0.1) is 5.70 Å². The van der Waals surface area contributed by atoms with Crippen LogP contribution >= 0.6 is 0 Å². The molecule has 0 radical (unpaired) electrons. The summed E-state index contributed by atoms with van der Waals surface area (Å²) in [6, 6.07) is 8.50. The second-order valence-corrected chi connectivity index (χ2v) is 8.03. The fraction of sp³-hybridized carbons (Fsp3) is 0.455. The number of nitrogens with zero attached hydrogens (tertiary/aromatic N) is 3. The molecule has 0 bridgehead atoms. The number of anilines is 1. The molecule has 0 aromatic heterocycles. The van der Waals surface area contributed by atoms with Gasteiger partial charge in [0, 0.05) is 38.7 Å². The Morgan fingerprint density at radius 2 is 1.96 bits per heavy atom. The number of amides is 1. The number of para-hydroxylation sites is 1. The van der Waals surface area contributed by atoms with Crippen LogP contribution in [0, 0.1) is 0 Å². The first-order chi connectivity index (χ1) is 12.8. The average Bonchev–Trinajstić information content (AvgIpc) is 3.18. The summed E-state index contributed by atoms with van der Waals surface area (Å²) in [7, 11) is 3.54. The van der Waals surface area contributed by atoms with Crippen molar-refractivity contribution in [3.8, 4) is 0 Å². The quantitative estimate of drug-likeness (QED) is 0.736. The molecule has 144 valence electrons. The van der Waals surface area contributed by atoms with Crippen LogP contribution in [0.2, 0.25) is 0 Å². The number of likely N-dealkylation sites (N-methyl/N-ethyl adjacent to an activating group) is 1. The molecule has 27 heavy (non-hydrogen) atoms. The Kier molecular flexibility index (Phi) is 5.40. The molecule has 5 nitrogen and oxygen atoms in total. The third-order valence-corrected chi connectivity index (χ3v) is 4.79. The predicted octanol–water partition coefficient (Wildman–Crippen LogP) is 4.55. The zero-order chi connectivity index (χ0) is 19.6. The molecule has 0 saturated carbocycles. The summed E-state index contributed by atoms with van der Waals surface area (Å²) in [5, 5.41) is 0. The minimum Gasteiger partial charge on any atom is -0.443 e. The first-order valence-electron chi connectivity index (χ1n) is 9.48. The highest BCUT2D eigenvalue weighted by Crippen LogP contribution is 2.36. The van der Waals surface area contributed by atoms with Gasteiger partial charge in [-0.1, -0.05) is 18.2 Å². The van der Waals surface area contributed by atoms with E-state index in [-0.39, 0.29) is 6.09 Å². The van der Waals surface area contributed by atoms with Crippen LogP contribution in [0.25, 0.3) is 0 Å². The van der Waals surface area contributed by atoms with Gasteiger partial charge in [0.25, 0.3) is 0 Å².